The van der Waals surface area contributed by atoms with E-state index in [1.54, 1.807) is 39.0 Å². The summed E-state index contributed by atoms with van der Waals surface area (Å²) in [7, 11) is 2.99. The van der Waals surface area contributed by atoms with Gasteiger partial charge in [-0.2, -0.15) is 0 Å². The second kappa shape index (κ2) is 7.71. The van der Waals surface area contributed by atoms with Gasteiger partial charge >= 0.3 is 12.1 Å². The highest BCUT2D eigenvalue weighted by Crippen LogP contribution is 2.31. The Balaban J connectivity index is 3.02. The molecule has 1 atom stereocenters. The molecule has 128 valence electrons. The fourth-order valence-electron chi connectivity index (χ4n) is 1.95. The molecule has 0 radical (unpaired) electrons. The Bertz CT molecular complexity index is 564. The van der Waals surface area contributed by atoms with Gasteiger partial charge in [-0.25, -0.2) is 4.79 Å². The molecular weight excluding hydrogens is 302 g/mol. The molecule has 1 aromatic rings. The summed E-state index contributed by atoms with van der Waals surface area (Å²) in [4.78, 5) is 23.0. The van der Waals surface area contributed by atoms with E-state index in [9.17, 15) is 9.59 Å². The van der Waals surface area contributed by atoms with Crippen LogP contribution in [0.25, 0.3) is 0 Å². The predicted octanol–water partition coefficient (Wildman–Crippen LogP) is 2.74. The van der Waals surface area contributed by atoms with Gasteiger partial charge in [-0.1, -0.05) is 6.07 Å². The van der Waals surface area contributed by atoms with Gasteiger partial charge < -0.3 is 24.6 Å². The van der Waals surface area contributed by atoms with Crippen molar-refractivity contribution in [2.45, 2.75) is 38.8 Å². The van der Waals surface area contributed by atoms with E-state index in [1.165, 1.54) is 14.2 Å². The quantitative estimate of drug-likeness (QED) is 0.835. The van der Waals surface area contributed by atoms with Crippen LogP contribution >= 0.6 is 0 Å². The van der Waals surface area contributed by atoms with Crippen LogP contribution in [0.3, 0.4) is 0 Å². The minimum atomic E-state index is -1.04. The van der Waals surface area contributed by atoms with E-state index >= 15 is 0 Å². The third-order valence-electron chi connectivity index (χ3n) is 2.88. The van der Waals surface area contributed by atoms with Gasteiger partial charge in [0.1, 0.15) is 5.60 Å². The first-order chi connectivity index (χ1) is 10.7. The van der Waals surface area contributed by atoms with Gasteiger partial charge in [0.05, 0.1) is 26.7 Å². The molecule has 0 aliphatic rings. The van der Waals surface area contributed by atoms with E-state index in [0.29, 0.717) is 17.1 Å². The summed E-state index contributed by atoms with van der Waals surface area (Å²) in [6.07, 6.45) is -0.965. The molecule has 0 saturated heterocycles. The van der Waals surface area contributed by atoms with Crippen LogP contribution in [-0.2, 0) is 9.53 Å². The van der Waals surface area contributed by atoms with Crippen molar-refractivity contribution in [1.29, 1.82) is 0 Å². The van der Waals surface area contributed by atoms with E-state index in [0.717, 1.165) is 0 Å². The topological polar surface area (TPSA) is 94.1 Å². The molecule has 0 aliphatic carbocycles. The highest BCUT2D eigenvalue weighted by molar-refractivity contribution is 5.72. The molecule has 23 heavy (non-hydrogen) atoms. The molecule has 0 saturated carbocycles. The first kappa shape index (κ1) is 18.6. The smallest absolute Gasteiger partial charge is 0.408 e. The number of carboxylic acid groups (broad SMARTS) is 1. The van der Waals surface area contributed by atoms with Crippen LogP contribution in [0.2, 0.25) is 0 Å². The molecule has 0 fully saturated rings. The number of methoxy groups -OCH3 is 2. The molecule has 0 bridgehead atoms. The first-order valence-corrected chi connectivity index (χ1v) is 7.09. The molecule has 0 heterocycles. The number of carbonyl (C=O) groups excluding carboxylic acids is 1. The number of amides is 1. The largest absolute Gasteiger partial charge is 0.493 e. The van der Waals surface area contributed by atoms with E-state index in [1.807, 2.05) is 0 Å². The predicted molar refractivity (Wildman–Crippen MR) is 83.9 cm³/mol. The third-order valence-corrected chi connectivity index (χ3v) is 2.88. The Hall–Kier alpha value is -2.44. The maximum absolute atomic E-state index is 11.9. The molecule has 0 aliphatic heterocycles. The standard InChI is InChI=1S/C16H23NO6/c1-16(2,3)23-15(20)17-11(9-14(18)19)10-6-7-12(21-4)13(8-10)22-5/h6-8,11H,9H2,1-5H3,(H,17,20)(H,18,19)/t11-/m0/s1. The van der Waals surface area contributed by atoms with Crippen molar-refractivity contribution in [3.8, 4) is 11.5 Å². The van der Waals surface area contributed by atoms with Crippen molar-refractivity contribution in [2.24, 2.45) is 0 Å². The lowest BCUT2D eigenvalue weighted by Crippen LogP contribution is -2.35. The zero-order chi connectivity index (χ0) is 17.6. The monoisotopic (exact) mass is 325 g/mol. The number of aliphatic carboxylic acids is 1. The summed E-state index contributed by atoms with van der Waals surface area (Å²) < 4.78 is 15.5. The van der Waals surface area contributed by atoms with Crippen molar-refractivity contribution in [3.63, 3.8) is 0 Å². The lowest BCUT2D eigenvalue weighted by Gasteiger charge is -2.23. The molecular formula is C16H23NO6. The van der Waals surface area contributed by atoms with Crippen molar-refractivity contribution >= 4 is 12.1 Å². The number of alkyl carbamates (subject to hydrolysis) is 1. The average Bonchev–Trinajstić information content (AvgIpc) is 2.43. The Labute approximate surface area is 135 Å². The van der Waals surface area contributed by atoms with Gasteiger partial charge in [0.2, 0.25) is 0 Å². The van der Waals surface area contributed by atoms with Gasteiger partial charge in [0.25, 0.3) is 0 Å². The van der Waals surface area contributed by atoms with Crippen LogP contribution < -0.4 is 14.8 Å². The second-order valence-corrected chi connectivity index (χ2v) is 5.91. The van der Waals surface area contributed by atoms with Crippen LogP contribution in [-0.4, -0.2) is 37.0 Å². The summed E-state index contributed by atoms with van der Waals surface area (Å²) in [5.74, 6) is -0.0742. The van der Waals surface area contributed by atoms with Crippen LogP contribution in [0, 0.1) is 0 Å². The second-order valence-electron chi connectivity index (χ2n) is 5.91. The zero-order valence-electron chi connectivity index (χ0n) is 14.0. The lowest BCUT2D eigenvalue weighted by atomic mass is 10.0. The maximum Gasteiger partial charge on any atom is 0.408 e. The summed E-state index contributed by atoms with van der Waals surface area (Å²) in [5, 5.41) is 11.6. The van der Waals surface area contributed by atoms with Gasteiger partial charge in [0.15, 0.2) is 11.5 Å². The first-order valence-electron chi connectivity index (χ1n) is 7.09. The van der Waals surface area contributed by atoms with E-state index in [4.69, 9.17) is 19.3 Å². The SMILES string of the molecule is COc1ccc([C@H](CC(=O)O)NC(=O)OC(C)(C)C)cc1OC. The van der Waals surface area contributed by atoms with Crippen molar-refractivity contribution in [1.82, 2.24) is 5.32 Å². The minimum Gasteiger partial charge on any atom is -0.493 e. The van der Waals surface area contributed by atoms with Gasteiger partial charge in [0, 0.05) is 0 Å². The number of hydrogen-bond acceptors (Lipinski definition) is 5. The zero-order valence-corrected chi connectivity index (χ0v) is 14.0. The van der Waals surface area contributed by atoms with Gasteiger partial charge in [-0.15, -0.1) is 0 Å². The van der Waals surface area contributed by atoms with Crippen LogP contribution in [0.1, 0.15) is 38.8 Å². The fraction of sp³-hybridized carbons (Fsp3) is 0.500. The molecule has 0 unspecified atom stereocenters. The molecule has 0 aromatic heterocycles. The van der Waals surface area contributed by atoms with Crippen LogP contribution in [0.5, 0.6) is 11.5 Å². The van der Waals surface area contributed by atoms with Crippen molar-refractivity contribution < 1.29 is 28.9 Å². The highest BCUT2D eigenvalue weighted by Gasteiger charge is 2.23. The summed E-state index contributed by atoms with van der Waals surface area (Å²) in [6, 6.07) is 4.21. The van der Waals surface area contributed by atoms with Crippen LogP contribution in [0.4, 0.5) is 4.79 Å². The van der Waals surface area contributed by atoms with Crippen molar-refractivity contribution in [2.75, 3.05) is 14.2 Å². The number of benzene rings is 1. The van der Waals surface area contributed by atoms with E-state index < -0.39 is 23.7 Å². The van der Waals surface area contributed by atoms with Crippen molar-refractivity contribution in [3.05, 3.63) is 23.8 Å². The molecule has 2 N–H and O–H groups in total. The lowest BCUT2D eigenvalue weighted by molar-refractivity contribution is -0.137. The molecule has 7 nitrogen and oxygen atoms in total. The normalized spacial score (nSPS) is 12.2. The van der Waals surface area contributed by atoms with E-state index in [-0.39, 0.29) is 6.42 Å². The fourth-order valence-corrected chi connectivity index (χ4v) is 1.95. The Kier molecular flexibility index (Phi) is 6.24. The average molecular weight is 325 g/mol. The molecule has 7 heteroatoms. The third kappa shape index (κ3) is 6.06. The number of nitrogens with one attached hydrogen (secondary N) is 1. The number of rotatable bonds is 6. The summed E-state index contributed by atoms with van der Waals surface area (Å²) >= 11 is 0. The summed E-state index contributed by atoms with van der Waals surface area (Å²) in [6.45, 7) is 5.19. The minimum absolute atomic E-state index is 0.283. The summed E-state index contributed by atoms with van der Waals surface area (Å²) in [5.41, 5.74) is -0.0916. The maximum atomic E-state index is 11.9. The highest BCUT2D eigenvalue weighted by atomic mass is 16.6. The van der Waals surface area contributed by atoms with Gasteiger partial charge in [-0.3, -0.25) is 4.79 Å². The molecule has 1 amide bonds. The Morgan fingerprint density at radius 3 is 2.26 bits per heavy atom. The number of hydrogen-bond donors (Lipinski definition) is 2. The van der Waals surface area contributed by atoms with Gasteiger partial charge in [-0.05, 0) is 38.5 Å². The number of carboxylic acids is 1. The molecule has 0 spiro atoms. The molecule has 1 rings (SSSR count). The molecule has 1 aromatic carbocycles. The number of carbonyl (C=O) groups is 2. The number of ether oxygens (including phenoxy) is 3. The Morgan fingerprint density at radius 2 is 1.78 bits per heavy atom. The van der Waals surface area contributed by atoms with E-state index in [2.05, 4.69) is 5.32 Å². The Morgan fingerprint density at radius 1 is 1.17 bits per heavy atom. The van der Waals surface area contributed by atoms with Crippen LogP contribution in [0.15, 0.2) is 18.2 Å².